The van der Waals surface area contributed by atoms with Crippen LogP contribution in [0.3, 0.4) is 0 Å². The van der Waals surface area contributed by atoms with Gasteiger partial charge in [0.1, 0.15) is 11.6 Å². The summed E-state index contributed by atoms with van der Waals surface area (Å²) in [6, 6.07) is 74.1. The molecule has 0 aliphatic carbocycles. The van der Waals surface area contributed by atoms with Crippen molar-refractivity contribution < 1.29 is 0 Å². The first-order valence-corrected chi connectivity index (χ1v) is 19.4. The van der Waals surface area contributed by atoms with Gasteiger partial charge in [-0.05, 0) is 137 Å². The summed E-state index contributed by atoms with van der Waals surface area (Å²) in [4.78, 5) is 11.9. The first-order chi connectivity index (χ1) is 28.2. The van der Waals surface area contributed by atoms with Crippen LogP contribution in [0.5, 0.6) is 0 Å². The summed E-state index contributed by atoms with van der Waals surface area (Å²) in [5.41, 5.74) is 9.16. The molecule has 266 valence electrons. The Labute approximate surface area is 330 Å². The molecule has 0 aliphatic heterocycles. The molecule has 57 heavy (non-hydrogen) atoms. The number of rotatable bonds is 6. The van der Waals surface area contributed by atoms with Crippen LogP contribution in [0, 0.1) is 0 Å². The standard InChI is InChI=1S/C54H35N3/c1-3-14-40-33-43(22-20-36(40)11-1)53-46-16-6-7-17-47(46)54(44-23-21-37-12-2-4-15-41(37)34-44)49-35-42(26-30-48(49)53)38-24-28-45(29-25-38)57(51-19-9-10-32-55-51)52-31-27-39-13-5-8-18-50(39)56-52/h1-35H. The fraction of sp³-hybridized carbons (Fsp3) is 0. The third kappa shape index (κ3) is 5.76. The maximum absolute atomic E-state index is 5.06. The smallest absolute Gasteiger partial charge is 0.139 e. The number of nitrogens with zero attached hydrogens (tertiary/aromatic N) is 3. The summed E-state index contributed by atoms with van der Waals surface area (Å²) in [7, 11) is 0. The summed E-state index contributed by atoms with van der Waals surface area (Å²) in [6.45, 7) is 0. The minimum absolute atomic E-state index is 0.812. The molecule has 0 atom stereocenters. The van der Waals surface area contributed by atoms with Gasteiger partial charge in [0.05, 0.1) is 5.52 Å². The molecule has 11 rings (SSSR count). The Kier molecular flexibility index (Phi) is 7.82. The van der Waals surface area contributed by atoms with Gasteiger partial charge in [0, 0.05) is 17.3 Å². The van der Waals surface area contributed by atoms with E-state index in [-0.39, 0.29) is 0 Å². The molecule has 0 saturated carbocycles. The number of hydrogen-bond donors (Lipinski definition) is 0. The lowest BCUT2D eigenvalue weighted by Gasteiger charge is -2.23. The van der Waals surface area contributed by atoms with Gasteiger partial charge >= 0.3 is 0 Å². The van der Waals surface area contributed by atoms with E-state index < -0.39 is 0 Å². The molecule has 0 aliphatic rings. The van der Waals surface area contributed by atoms with E-state index in [1.807, 2.05) is 36.5 Å². The molecule has 0 saturated heterocycles. The SMILES string of the molecule is c1ccc(N(c2ccc(-c3ccc4c(-c5ccc6ccccc6c5)c5ccccc5c(-c5ccc6ccccc6c5)c4c3)cc2)c2ccc3ccccc3n2)nc1. The third-order valence-corrected chi connectivity index (χ3v) is 11.3. The molecule has 2 aromatic heterocycles. The monoisotopic (exact) mass is 725 g/mol. The molecule has 0 spiro atoms. The zero-order valence-electron chi connectivity index (χ0n) is 31.0. The molecular weight excluding hydrogens is 691 g/mol. The molecule has 11 aromatic rings. The summed E-state index contributed by atoms with van der Waals surface area (Å²) in [5.74, 6) is 1.63. The lowest BCUT2D eigenvalue weighted by molar-refractivity contribution is 1.14. The lowest BCUT2D eigenvalue weighted by Crippen LogP contribution is -2.12. The summed E-state index contributed by atoms with van der Waals surface area (Å²) >= 11 is 0. The topological polar surface area (TPSA) is 29.0 Å². The molecule has 2 heterocycles. The number of anilines is 3. The molecule has 3 nitrogen and oxygen atoms in total. The lowest BCUT2D eigenvalue weighted by atomic mass is 9.84. The quantitative estimate of drug-likeness (QED) is 0.160. The van der Waals surface area contributed by atoms with E-state index in [1.165, 1.54) is 65.3 Å². The zero-order chi connectivity index (χ0) is 37.7. The fourth-order valence-electron chi connectivity index (χ4n) is 8.52. The van der Waals surface area contributed by atoms with Crippen LogP contribution in [0.2, 0.25) is 0 Å². The van der Waals surface area contributed by atoms with Crippen LogP contribution in [-0.2, 0) is 0 Å². The van der Waals surface area contributed by atoms with Crippen molar-refractivity contribution in [1.29, 1.82) is 0 Å². The van der Waals surface area contributed by atoms with E-state index in [0.29, 0.717) is 0 Å². The van der Waals surface area contributed by atoms with Gasteiger partial charge in [-0.3, -0.25) is 4.90 Å². The predicted molar refractivity (Wildman–Crippen MR) is 241 cm³/mol. The molecule has 9 aromatic carbocycles. The predicted octanol–water partition coefficient (Wildman–Crippen LogP) is 14.7. The van der Waals surface area contributed by atoms with E-state index in [4.69, 9.17) is 9.97 Å². The largest absolute Gasteiger partial charge is 0.279 e. The van der Waals surface area contributed by atoms with Crippen LogP contribution in [0.4, 0.5) is 17.3 Å². The highest BCUT2D eigenvalue weighted by Crippen LogP contribution is 2.46. The van der Waals surface area contributed by atoms with Crippen molar-refractivity contribution in [2.45, 2.75) is 0 Å². The molecule has 0 bridgehead atoms. The summed E-state index contributed by atoms with van der Waals surface area (Å²) in [5, 5.41) is 11.0. The Morgan fingerprint density at radius 3 is 1.51 bits per heavy atom. The van der Waals surface area contributed by atoms with Crippen molar-refractivity contribution in [3.8, 4) is 33.4 Å². The van der Waals surface area contributed by atoms with Crippen LogP contribution >= 0.6 is 0 Å². The fourth-order valence-corrected chi connectivity index (χ4v) is 8.52. The highest BCUT2D eigenvalue weighted by molar-refractivity contribution is 6.22. The van der Waals surface area contributed by atoms with Crippen LogP contribution in [0.1, 0.15) is 0 Å². The van der Waals surface area contributed by atoms with E-state index in [1.54, 1.807) is 0 Å². The average Bonchev–Trinajstić information content (AvgIpc) is 3.28. The van der Waals surface area contributed by atoms with Gasteiger partial charge in [0.25, 0.3) is 0 Å². The van der Waals surface area contributed by atoms with Crippen molar-refractivity contribution in [1.82, 2.24) is 9.97 Å². The normalized spacial score (nSPS) is 11.5. The Morgan fingerprint density at radius 1 is 0.316 bits per heavy atom. The van der Waals surface area contributed by atoms with Crippen LogP contribution < -0.4 is 4.90 Å². The number of aromatic nitrogens is 2. The van der Waals surface area contributed by atoms with Gasteiger partial charge in [-0.15, -0.1) is 0 Å². The van der Waals surface area contributed by atoms with Crippen molar-refractivity contribution in [2.24, 2.45) is 0 Å². The van der Waals surface area contributed by atoms with Crippen LogP contribution in [0.25, 0.3) is 87.4 Å². The second-order valence-corrected chi connectivity index (χ2v) is 14.6. The van der Waals surface area contributed by atoms with Gasteiger partial charge in [-0.2, -0.15) is 0 Å². The Hall–Kier alpha value is -7.62. The summed E-state index contributed by atoms with van der Waals surface area (Å²) < 4.78 is 0. The van der Waals surface area contributed by atoms with E-state index in [0.717, 1.165) is 39.4 Å². The van der Waals surface area contributed by atoms with E-state index in [9.17, 15) is 0 Å². The van der Waals surface area contributed by atoms with Crippen LogP contribution in [0.15, 0.2) is 212 Å². The summed E-state index contributed by atoms with van der Waals surface area (Å²) in [6.07, 6.45) is 1.83. The van der Waals surface area contributed by atoms with Gasteiger partial charge in [-0.25, -0.2) is 9.97 Å². The maximum Gasteiger partial charge on any atom is 0.139 e. The van der Waals surface area contributed by atoms with Gasteiger partial charge < -0.3 is 0 Å². The minimum Gasteiger partial charge on any atom is -0.279 e. The molecular formula is C54H35N3. The van der Waals surface area contributed by atoms with Crippen LogP contribution in [-0.4, -0.2) is 9.97 Å². The minimum atomic E-state index is 0.812. The first kappa shape index (κ1) is 32.8. The zero-order valence-corrected chi connectivity index (χ0v) is 31.0. The Balaban J connectivity index is 1.11. The second-order valence-electron chi connectivity index (χ2n) is 14.6. The van der Waals surface area contributed by atoms with E-state index >= 15 is 0 Å². The number of pyridine rings is 2. The Bertz CT molecular complexity index is 3300. The number of fused-ring (bicyclic) bond motifs is 5. The maximum atomic E-state index is 5.06. The molecule has 0 amide bonds. The molecule has 3 heteroatoms. The Morgan fingerprint density at radius 2 is 0.842 bits per heavy atom. The average molecular weight is 726 g/mol. The number of hydrogen-bond acceptors (Lipinski definition) is 3. The molecule has 0 fully saturated rings. The highest BCUT2D eigenvalue weighted by atomic mass is 15.2. The number of para-hydroxylation sites is 1. The van der Waals surface area contributed by atoms with Crippen molar-refractivity contribution in [2.75, 3.05) is 4.90 Å². The van der Waals surface area contributed by atoms with E-state index in [2.05, 4.69) is 181 Å². The first-order valence-electron chi connectivity index (χ1n) is 19.4. The molecule has 0 unspecified atom stereocenters. The number of benzene rings is 9. The van der Waals surface area contributed by atoms with Crippen molar-refractivity contribution in [3.63, 3.8) is 0 Å². The second kappa shape index (κ2) is 13.6. The molecule has 0 N–H and O–H groups in total. The van der Waals surface area contributed by atoms with Crippen molar-refractivity contribution >= 4 is 71.3 Å². The van der Waals surface area contributed by atoms with Gasteiger partial charge in [0.15, 0.2) is 0 Å². The van der Waals surface area contributed by atoms with Gasteiger partial charge in [-0.1, -0.05) is 146 Å². The third-order valence-electron chi connectivity index (χ3n) is 11.3. The van der Waals surface area contributed by atoms with Gasteiger partial charge in [0.2, 0.25) is 0 Å². The highest BCUT2D eigenvalue weighted by Gasteiger charge is 2.19. The van der Waals surface area contributed by atoms with Crippen molar-refractivity contribution in [3.05, 3.63) is 212 Å². The molecule has 0 radical (unpaired) electrons.